The summed E-state index contributed by atoms with van der Waals surface area (Å²) in [6.45, 7) is 2.97. The Morgan fingerprint density at radius 1 is 1.28 bits per heavy atom. The third kappa shape index (κ3) is 3.59. The van der Waals surface area contributed by atoms with Crippen LogP contribution in [-0.2, 0) is 0 Å². The van der Waals surface area contributed by atoms with Crippen LogP contribution in [0.5, 0.6) is 0 Å². The summed E-state index contributed by atoms with van der Waals surface area (Å²) in [6.07, 6.45) is 4.54. The predicted molar refractivity (Wildman–Crippen MR) is 73.6 cm³/mol. The Morgan fingerprint density at radius 3 is 2.78 bits per heavy atom. The molecule has 5 nitrogen and oxygen atoms in total. The summed E-state index contributed by atoms with van der Waals surface area (Å²) in [5.74, 6) is 1.05. The zero-order valence-corrected chi connectivity index (χ0v) is 10.9. The second-order valence-corrected chi connectivity index (χ2v) is 4.76. The van der Waals surface area contributed by atoms with Gasteiger partial charge >= 0.3 is 0 Å². The van der Waals surface area contributed by atoms with Crippen LogP contribution in [0.2, 0.25) is 0 Å². The maximum Gasteiger partial charge on any atom is 0.223 e. The lowest BCUT2D eigenvalue weighted by Gasteiger charge is -2.07. The molecular formula is C12H15N5S. The molecule has 0 unspecified atom stereocenters. The van der Waals surface area contributed by atoms with Crippen molar-refractivity contribution in [1.29, 1.82) is 0 Å². The van der Waals surface area contributed by atoms with Gasteiger partial charge in [0, 0.05) is 29.9 Å². The first-order valence-corrected chi connectivity index (χ1v) is 6.56. The number of nitrogens with zero attached hydrogens (tertiary/aromatic N) is 3. The summed E-state index contributed by atoms with van der Waals surface area (Å²) in [5, 5.41) is 4.03. The topological polar surface area (TPSA) is 76.7 Å². The van der Waals surface area contributed by atoms with E-state index in [-0.39, 0.29) is 5.95 Å². The molecule has 0 bridgehead atoms. The Labute approximate surface area is 110 Å². The fourth-order valence-electron chi connectivity index (χ4n) is 1.37. The van der Waals surface area contributed by atoms with Gasteiger partial charge < -0.3 is 11.1 Å². The number of anilines is 2. The Kier molecular flexibility index (Phi) is 4.35. The lowest BCUT2D eigenvalue weighted by Crippen LogP contribution is -2.05. The van der Waals surface area contributed by atoms with Crippen molar-refractivity contribution in [2.24, 2.45) is 0 Å². The number of hydrogen-bond donors (Lipinski definition) is 2. The van der Waals surface area contributed by atoms with Crippen LogP contribution in [0.4, 0.5) is 11.8 Å². The second kappa shape index (κ2) is 6.20. The summed E-state index contributed by atoms with van der Waals surface area (Å²) in [5.41, 5.74) is 5.70. The molecule has 94 valence electrons. The second-order valence-electron chi connectivity index (χ2n) is 3.66. The minimum atomic E-state index is 0.285. The molecule has 0 saturated carbocycles. The number of nitrogens with one attached hydrogen (secondary N) is 1. The first-order chi connectivity index (χ1) is 8.78. The van der Waals surface area contributed by atoms with Crippen LogP contribution in [0.1, 0.15) is 13.3 Å². The summed E-state index contributed by atoms with van der Waals surface area (Å²) in [4.78, 5) is 13.4. The highest BCUT2D eigenvalue weighted by atomic mass is 32.2. The van der Waals surface area contributed by atoms with Gasteiger partial charge in [0.15, 0.2) is 0 Å². The van der Waals surface area contributed by atoms with Crippen LogP contribution in [0, 0.1) is 0 Å². The monoisotopic (exact) mass is 261 g/mol. The van der Waals surface area contributed by atoms with Crippen molar-refractivity contribution in [3.05, 3.63) is 30.6 Å². The highest BCUT2D eigenvalue weighted by Crippen LogP contribution is 2.27. The van der Waals surface area contributed by atoms with Gasteiger partial charge in [0.2, 0.25) is 5.95 Å². The summed E-state index contributed by atoms with van der Waals surface area (Å²) >= 11 is 1.54. The van der Waals surface area contributed by atoms with Crippen molar-refractivity contribution >= 4 is 23.5 Å². The van der Waals surface area contributed by atoms with Crippen molar-refractivity contribution < 1.29 is 0 Å². The van der Waals surface area contributed by atoms with Gasteiger partial charge in [-0.3, -0.25) is 4.98 Å². The van der Waals surface area contributed by atoms with E-state index in [1.165, 1.54) is 11.8 Å². The Balaban J connectivity index is 2.15. The molecule has 0 saturated heterocycles. The first-order valence-electron chi connectivity index (χ1n) is 5.74. The molecule has 6 heteroatoms. The number of nitrogens with two attached hydrogens (primary N) is 1. The summed E-state index contributed by atoms with van der Waals surface area (Å²) in [6, 6.07) is 5.77. The average molecular weight is 261 g/mol. The van der Waals surface area contributed by atoms with Gasteiger partial charge in [-0.1, -0.05) is 18.7 Å². The van der Waals surface area contributed by atoms with Crippen molar-refractivity contribution in [3.63, 3.8) is 0 Å². The van der Waals surface area contributed by atoms with E-state index >= 15 is 0 Å². The van der Waals surface area contributed by atoms with Crippen LogP contribution < -0.4 is 11.1 Å². The van der Waals surface area contributed by atoms with Gasteiger partial charge in [0.05, 0.1) is 0 Å². The molecule has 2 rings (SSSR count). The van der Waals surface area contributed by atoms with Crippen molar-refractivity contribution in [3.8, 4) is 0 Å². The molecule has 0 aliphatic carbocycles. The Morgan fingerprint density at radius 2 is 2.06 bits per heavy atom. The van der Waals surface area contributed by atoms with E-state index in [0.29, 0.717) is 0 Å². The van der Waals surface area contributed by atoms with E-state index in [0.717, 1.165) is 28.7 Å². The highest BCUT2D eigenvalue weighted by Gasteiger charge is 2.04. The molecule has 18 heavy (non-hydrogen) atoms. The number of pyridine rings is 1. The van der Waals surface area contributed by atoms with Gasteiger partial charge in [-0.15, -0.1) is 0 Å². The maximum atomic E-state index is 5.70. The molecule has 3 N–H and O–H groups in total. The Bertz CT molecular complexity index is 503. The fraction of sp³-hybridized carbons (Fsp3) is 0.250. The SMILES string of the molecule is CCCNc1cc(Sc2ccncc2)nc(N)n1. The average Bonchev–Trinajstić information content (AvgIpc) is 2.37. The number of nitrogen functional groups attached to an aromatic ring is 1. The molecule has 0 amide bonds. The molecule has 2 aromatic rings. The fourth-order valence-corrected chi connectivity index (χ4v) is 2.17. The highest BCUT2D eigenvalue weighted by molar-refractivity contribution is 7.99. The van der Waals surface area contributed by atoms with Gasteiger partial charge in [0.25, 0.3) is 0 Å². The van der Waals surface area contributed by atoms with Crippen LogP contribution in [0.15, 0.2) is 40.5 Å². The van der Waals surface area contributed by atoms with E-state index < -0.39 is 0 Å². The minimum Gasteiger partial charge on any atom is -0.370 e. The molecule has 0 spiro atoms. The molecule has 0 atom stereocenters. The Hall–Kier alpha value is -1.82. The molecular weight excluding hydrogens is 246 g/mol. The van der Waals surface area contributed by atoms with Gasteiger partial charge in [-0.05, 0) is 18.6 Å². The first kappa shape index (κ1) is 12.6. The van der Waals surface area contributed by atoms with Gasteiger partial charge in [-0.25, -0.2) is 4.98 Å². The third-order valence-electron chi connectivity index (χ3n) is 2.15. The number of hydrogen-bond acceptors (Lipinski definition) is 6. The number of rotatable bonds is 5. The number of aromatic nitrogens is 3. The van der Waals surface area contributed by atoms with Crippen LogP contribution in [-0.4, -0.2) is 21.5 Å². The van der Waals surface area contributed by atoms with Crippen molar-refractivity contribution in [2.75, 3.05) is 17.6 Å². The molecule has 0 aliphatic heterocycles. The molecule has 2 aromatic heterocycles. The van der Waals surface area contributed by atoms with E-state index in [9.17, 15) is 0 Å². The molecule has 0 fully saturated rings. The van der Waals surface area contributed by atoms with Crippen LogP contribution in [0.3, 0.4) is 0 Å². The van der Waals surface area contributed by atoms with E-state index in [1.807, 2.05) is 18.2 Å². The smallest absolute Gasteiger partial charge is 0.223 e. The van der Waals surface area contributed by atoms with E-state index in [2.05, 4.69) is 27.2 Å². The molecule has 2 heterocycles. The molecule has 0 aliphatic rings. The third-order valence-corrected chi connectivity index (χ3v) is 3.07. The maximum absolute atomic E-state index is 5.70. The van der Waals surface area contributed by atoms with Gasteiger partial charge in [0.1, 0.15) is 10.8 Å². The summed E-state index contributed by atoms with van der Waals surface area (Å²) in [7, 11) is 0. The van der Waals surface area contributed by atoms with Crippen molar-refractivity contribution in [1.82, 2.24) is 15.0 Å². The quantitative estimate of drug-likeness (QED) is 0.805. The molecule has 0 radical (unpaired) electrons. The van der Waals surface area contributed by atoms with Gasteiger partial charge in [-0.2, -0.15) is 4.98 Å². The lowest BCUT2D eigenvalue weighted by molar-refractivity contribution is 0.957. The standard InChI is InChI=1S/C12H15N5S/c1-2-5-15-10-8-11(17-12(13)16-10)18-9-3-6-14-7-4-9/h3-4,6-8H,2,5H2,1H3,(H3,13,15,16,17). The van der Waals surface area contributed by atoms with E-state index in [4.69, 9.17) is 5.73 Å². The normalized spacial score (nSPS) is 10.3. The van der Waals surface area contributed by atoms with Crippen molar-refractivity contribution in [2.45, 2.75) is 23.3 Å². The van der Waals surface area contributed by atoms with Crippen LogP contribution >= 0.6 is 11.8 Å². The lowest BCUT2D eigenvalue weighted by atomic mass is 10.4. The zero-order chi connectivity index (χ0) is 12.8. The van der Waals surface area contributed by atoms with E-state index in [1.54, 1.807) is 12.4 Å². The van der Waals surface area contributed by atoms with Crippen LogP contribution in [0.25, 0.3) is 0 Å². The largest absolute Gasteiger partial charge is 0.370 e. The molecule has 0 aromatic carbocycles. The summed E-state index contributed by atoms with van der Waals surface area (Å²) < 4.78 is 0. The predicted octanol–water partition coefficient (Wildman–Crippen LogP) is 2.43. The minimum absolute atomic E-state index is 0.285. The zero-order valence-electron chi connectivity index (χ0n) is 10.1.